The van der Waals surface area contributed by atoms with Crippen LogP contribution in [0.5, 0.6) is 0 Å². The zero-order chi connectivity index (χ0) is 19.6. The van der Waals surface area contributed by atoms with Crippen LogP contribution in [0.4, 0.5) is 0 Å². The molecule has 0 fully saturated rings. The number of thiophene rings is 1. The lowest BCUT2D eigenvalue weighted by atomic mass is 10.1. The summed E-state index contributed by atoms with van der Waals surface area (Å²) in [6, 6.07) is 10.0. The largest absolute Gasteiger partial charge is 0.334 e. The molecule has 0 aliphatic rings. The van der Waals surface area contributed by atoms with Crippen molar-refractivity contribution in [2.75, 3.05) is 0 Å². The quantitative estimate of drug-likeness (QED) is 0.649. The van der Waals surface area contributed by atoms with E-state index in [-0.39, 0.29) is 24.1 Å². The number of nitrogens with zero attached hydrogens (tertiary/aromatic N) is 3. The van der Waals surface area contributed by atoms with Gasteiger partial charge in [0.1, 0.15) is 11.4 Å². The number of carbonyl (C=O) groups is 1. The number of hydrogen-bond donors (Lipinski definition) is 0. The lowest BCUT2D eigenvalue weighted by molar-refractivity contribution is -0.134. The van der Waals surface area contributed by atoms with Crippen LogP contribution >= 0.6 is 11.3 Å². The molecule has 5 nitrogen and oxygen atoms in total. The Morgan fingerprint density at radius 2 is 1.96 bits per heavy atom. The molecule has 1 aromatic carbocycles. The average molecular weight is 384 g/mol. The van der Waals surface area contributed by atoms with Gasteiger partial charge in [-0.15, -0.1) is 11.3 Å². The standard InChI is InChI=1S/C21H25N3O2S/c1-5-14(2)24(11-17-9-7-6-8-10-17)18(25)12-23-13-22-20-19(21(23)26)15(3)16(4)27-20/h6-10,13-14H,5,11-12H2,1-4H3. The van der Waals surface area contributed by atoms with Crippen LogP contribution in [0, 0.1) is 13.8 Å². The molecule has 0 saturated carbocycles. The van der Waals surface area contributed by atoms with Crippen LogP contribution < -0.4 is 5.56 Å². The highest BCUT2D eigenvalue weighted by Crippen LogP contribution is 2.25. The van der Waals surface area contributed by atoms with Crippen molar-refractivity contribution in [1.29, 1.82) is 0 Å². The Hall–Kier alpha value is -2.47. The van der Waals surface area contributed by atoms with Crippen LogP contribution in [0.1, 0.15) is 36.3 Å². The number of benzene rings is 1. The Balaban J connectivity index is 1.89. The summed E-state index contributed by atoms with van der Waals surface area (Å²) >= 11 is 1.52. The summed E-state index contributed by atoms with van der Waals surface area (Å²) in [5.74, 6) is -0.0685. The highest BCUT2D eigenvalue weighted by molar-refractivity contribution is 7.18. The fourth-order valence-electron chi connectivity index (χ4n) is 3.11. The molecule has 0 N–H and O–H groups in total. The van der Waals surface area contributed by atoms with Crippen LogP contribution in [-0.2, 0) is 17.9 Å². The molecule has 1 unspecified atom stereocenters. The van der Waals surface area contributed by atoms with Crippen molar-refractivity contribution in [3.8, 4) is 0 Å². The Morgan fingerprint density at radius 3 is 2.63 bits per heavy atom. The Morgan fingerprint density at radius 1 is 1.26 bits per heavy atom. The zero-order valence-corrected chi connectivity index (χ0v) is 17.0. The van der Waals surface area contributed by atoms with Gasteiger partial charge >= 0.3 is 0 Å². The maximum Gasteiger partial charge on any atom is 0.262 e. The molecule has 3 rings (SSSR count). The van der Waals surface area contributed by atoms with E-state index in [9.17, 15) is 9.59 Å². The lowest BCUT2D eigenvalue weighted by Gasteiger charge is -2.29. The number of carbonyl (C=O) groups excluding carboxylic acids is 1. The third-order valence-corrected chi connectivity index (χ3v) is 6.22. The minimum absolute atomic E-state index is 0.00722. The molecule has 1 amide bonds. The molecule has 0 spiro atoms. The molecule has 0 aliphatic carbocycles. The van der Waals surface area contributed by atoms with Gasteiger partial charge in [0.25, 0.3) is 5.56 Å². The van der Waals surface area contributed by atoms with Crippen LogP contribution in [-0.4, -0.2) is 26.4 Å². The van der Waals surface area contributed by atoms with Crippen molar-refractivity contribution in [1.82, 2.24) is 14.5 Å². The van der Waals surface area contributed by atoms with Gasteiger partial charge in [-0.3, -0.25) is 14.2 Å². The molecule has 0 bridgehead atoms. The van der Waals surface area contributed by atoms with Gasteiger partial charge in [-0.25, -0.2) is 4.98 Å². The third-order valence-electron chi connectivity index (χ3n) is 5.10. The second kappa shape index (κ2) is 8.05. The lowest BCUT2D eigenvalue weighted by Crippen LogP contribution is -2.41. The summed E-state index contributed by atoms with van der Waals surface area (Å²) < 4.78 is 1.43. The second-order valence-corrected chi connectivity index (χ2v) is 8.11. The maximum atomic E-state index is 13.0. The predicted octanol–water partition coefficient (Wildman–Crippen LogP) is 3.90. The molecule has 0 saturated heterocycles. The summed E-state index contributed by atoms with van der Waals surface area (Å²) in [5, 5.41) is 0.631. The van der Waals surface area contributed by atoms with E-state index in [1.54, 1.807) is 0 Å². The first kappa shape index (κ1) is 19.3. The Bertz CT molecular complexity index is 1010. The normalized spacial score (nSPS) is 12.3. The van der Waals surface area contributed by atoms with Crippen molar-refractivity contribution in [2.45, 2.75) is 53.2 Å². The van der Waals surface area contributed by atoms with Gasteiger partial charge in [-0.2, -0.15) is 0 Å². The molecule has 0 aliphatic heterocycles. The van der Waals surface area contributed by atoms with Crippen LogP contribution in [0.2, 0.25) is 0 Å². The molecule has 0 radical (unpaired) electrons. The molecule has 142 valence electrons. The minimum atomic E-state index is -0.140. The fourth-order valence-corrected chi connectivity index (χ4v) is 4.10. The Kier molecular flexibility index (Phi) is 5.75. The number of amides is 1. The number of aryl methyl sites for hydroxylation is 2. The van der Waals surface area contributed by atoms with E-state index in [1.165, 1.54) is 22.2 Å². The van der Waals surface area contributed by atoms with Crippen molar-refractivity contribution in [2.24, 2.45) is 0 Å². The van der Waals surface area contributed by atoms with Crippen LogP contribution in [0.15, 0.2) is 41.5 Å². The highest BCUT2D eigenvalue weighted by atomic mass is 32.1. The van der Waals surface area contributed by atoms with Gasteiger partial charge in [0.05, 0.1) is 11.7 Å². The zero-order valence-electron chi connectivity index (χ0n) is 16.2. The first-order valence-corrected chi connectivity index (χ1v) is 10.0. The average Bonchev–Trinajstić information content (AvgIpc) is 2.97. The number of rotatable bonds is 6. The van der Waals surface area contributed by atoms with Gasteiger partial charge in [0.2, 0.25) is 5.91 Å². The van der Waals surface area contributed by atoms with Crippen molar-refractivity contribution < 1.29 is 4.79 Å². The van der Waals surface area contributed by atoms with Gasteiger partial charge < -0.3 is 4.90 Å². The van der Waals surface area contributed by atoms with Gasteiger partial charge in [-0.1, -0.05) is 37.3 Å². The SMILES string of the molecule is CCC(C)N(Cc1ccccc1)C(=O)Cn1cnc2sc(C)c(C)c2c1=O. The topological polar surface area (TPSA) is 55.2 Å². The number of aromatic nitrogens is 2. The molecule has 1 atom stereocenters. The van der Waals surface area contributed by atoms with Crippen LogP contribution in [0.3, 0.4) is 0 Å². The maximum absolute atomic E-state index is 13.0. The monoisotopic (exact) mass is 383 g/mol. The molecular formula is C21H25N3O2S. The fraction of sp³-hybridized carbons (Fsp3) is 0.381. The van der Waals surface area contributed by atoms with Crippen molar-refractivity contribution >= 4 is 27.5 Å². The van der Waals surface area contributed by atoms with E-state index in [4.69, 9.17) is 0 Å². The summed E-state index contributed by atoms with van der Waals surface area (Å²) in [7, 11) is 0. The number of fused-ring (bicyclic) bond motifs is 1. The minimum Gasteiger partial charge on any atom is -0.334 e. The van der Waals surface area contributed by atoms with E-state index in [1.807, 2.05) is 56.0 Å². The molecular weight excluding hydrogens is 358 g/mol. The second-order valence-electron chi connectivity index (χ2n) is 6.91. The van der Waals surface area contributed by atoms with E-state index in [0.29, 0.717) is 11.9 Å². The summed E-state index contributed by atoms with van der Waals surface area (Å²) in [6.07, 6.45) is 2.35. The van der Waals surface area contributed by atoms with Gasteiger partial charge in [0.15, 0.2) is 0 Å². The number of hydrogen-bond acceptors (Lipinski definition) is 4. The molecule has 2 aromatic heterocycles. The summed E-state index contributed by atoms with van der Waals surface area (Å²) in [4.78, 5) is 34.0. The first-order chi connectivity index (χ1) is 12.9. The van der Waals surface area contributed by atoms with Gasteiger partial charge in [0, 0.05) is 17.5 Å². The molecule has 2 heterocycles. The van der Waals surface area contributed by atoms with E-state index in [2.05, 4.69) is 11.9 Å². The summed E-state index contributed by atoms with van der Waals surface area (Å²) in [5.41, 5.74) is 1.90. The van der Waals surface area contributed by atoms with E-state index < -0.39 is 0 Å². The van der Waals surface area contributed by atoms with E-state index in [0.717, 1.165) is 27.3 Å². The first-order valence-electron chi connectivity index (χ1n) is 9.20. The van der Waals surface area contributed by atoms with Crippen LogP contribution in [0.25, 0.3) is 10.2 Å². The Labute approximate surface area is 163 Å². The van der Waals surface area contributed by atoms with Crippen molar-refractivity contribution in [3.05, 3.63) is 63.0 Å². The molecule has 27 heavy (non-hydrogen) atoms. The molecule has 3 aromatic rings. The molecule has 6 heteroatoms. The van der Waals surface area contributed by atoms with Crippen molar-refractivity contribution in [3.63, 3.8) is 0 Å². The van der Waals surface area contributed by atoms with E-state index >= 15 is 0 Å². The summed E-state index contributed by atoms with van der Waals surface area (Å²) in [6.45, 7) is 8.57. The predicted molar refractivity (Wildman–Crippen MR) is 110 cm³/mol. The van der Waals surface area contributed by atoms with Gasteiger partial charge in [-0.05, 0) is 38.3 Å². The smallest absolute Gasteiger partial charge is 0.262 e. The highest BCUT2D eigenvalue weighted by Gasteiger charge is 2.21. The third kappa shape index (κ3) is 3.95.